The minimum Gasteiger partial charge on any atom is -0.497 e. The molecule has 1 saturated carbocycles. The first kappa shape index (κ1) is 19.2. The molecule has 1 amide bonds. The van der Waals surface area contributed by atoms with Crippen LogP contribution in [0.1, 0.15) is 38.7 Å². The van der Waals surface area contributed by atoms with Crippen LogP contribution in [0.25, 0.3) is 6.08 Å². The number of benzene rings is 1. The Balaban J connectivity index is 1.75. The number of hydrogen-bond donors (Lipinski definition) is 3. The second-order valence-corrected chi connectivity index (χ2v) is 6.98. The number of hydrogen-bond acceptors (Lipinski definition) is 3. The molecule has 1 aliphatic rings. The van der Waals surface area contributed by atoms with Gasteiger partial charge < -0.3 is 10.1 Å². The van der Waals surface area contributed by atoms with Crippen molar-refractivity contribution in [2.75, 3.05) is 7.11 Å². The normalized spacial score (nSPS) is 23.1. The Morgan fingerprint density at radius 1 is 1.20 bits per heavy atom. The molecule has 0 spiro atoms. The van der Waals surface area contributed by atoms with E-state index < -0.39 is 0 Å². The van der Waals surface area contributed by atoms with Crippen LogP contribution in [-0.2, 0) is 4.79 Å². The predicted octanol–water partition coefficient (Wildman–Crippen LogP) is 3.03. The van der Waals surface area contributed by atoms with Crippen molar-refractivity contribution in [2.24, 2.45) is 11.8 Å². The largest absolute Gasteiger partial charge is 0.497 e. The molecule has 0 unspecified atom stereocenters. The van der Waals surface area contributed by atoms with Gasteiger partial charge in [0, 0.05) is 12.1 Å². The zero-order valence-electron chi connectivity index (χ0n) is 15.0. The molecule has 25 heavy (non-hydrogen) atoms. The fourth-order valence-corrected chi connectivity index (χ4v) is 3.24. The number of nitrogens with one attached hydrogen (secondary N) is 3. The van der Waals surface area contributed by atoms with Crippen LogP contribution in [0.3, 0.4) is 0 Å². The standard InChI is InChI=1S/C19H27N3O2S/c1-13-5-4-6-17(14(13)2)20-19(25)22-21-18(23)12-9-15-7-10-16(24-3)11-8-15/h7-14,17H,4-6H2,1-3H3,(H,21,23)(H2,20,22,25)/b12-9+/t13-,14+,17-/m0/s1. The molecule has 0 aromatic heterocycles. The molecular weight excluding hydrogens is 334 g/mol. The van der Waals surface area contributed by atoms with Gasteiger partial charge >= 0.3 is 0 Å². The Kier molecular flexibility index (Phi) is 7.25. The zero-order chi connectivity index (χ0) is 18.2. The molecule has 0 bridgehead atoms. The average Bonchev–Trinajstić information content (AvgIpc) is 2.62. The summed E-state index contributed by atoms with van der Waals surface area (Å²) in [4.78, 5) is 11.9. The topological polar surface area (TPSA) is 62.4 Å². The van der Waals surface area contributed by atoms with Crippen molar-refractivity contribution in [3.8, 4) is 5.75 Å². The van der Waals surface area contributed by atoms with Gasteiger partial charge in [0.15, 0.2) is 5.11 Å². The van der Waals surface area contributed by atoms with Gasteiger partial charge in [0.05, 0.1) is 7.11 Å². The maximum absolute atomic E-state index is 11.9. The lowest BCUT2D eigenvalue weighted by Gasteiger charge is -2.35. The number of amides is 1. The lowest BCUT2D eigenvalue weighted by Crippen LogP contribution is -2.52. The highest BCUT2D eigenvalue weighted by Crippen LogP contribution is 2.29. The van der Waals surface area contributed by atoms with E-state index >= 15 is 0 Å². The first-order valence-electron chi connectivity index (χ1n) is 8.68. The number of thiocarbonyl (C=S) groups is 1. The van der Waals surface area contributed by atoms with Gasteiger partial charge in [-0.1, -0.05) is 38.8 Å². The van der Waals surface area contributed by atoms with Crippen LogP contribution < -0.4 is 20.9 Å². The SMILES string of the molecule is COc1ccc(/C=C/C(=O)NNC(=S)N[C@H]2CCC[C@H](C)[C@H]2C)cc1. The summed E-state index contributed by atoms with van der Waals surface area (Å²) in [5.74, 6) is 1.78. The summed E-state index contributed by atoms with van der Waals surface area (Å²) in [5, 5.41) is 3.76. The third-order valence-electron chi connectivity index (χ3n) is 4.87. The van der Waals surface area contributed by atoms with Gasteiger partial charge in [-0.05, 0) is 54.2 Å². The summed E-state index contributed by atoms with van der Waals surface area (Å²) in [5.41, 5.74) is 6.27. The second kappa shape index (κ2) is 9.42. The van der Waals surface area contributed by atoms with Gasteiger partial charge in [-0.25, -0.2) is 0 Å². The molecular formula is C19H27N3O2S. The summed E-state index contributed by atoms with van der Waals surface area (Å²) in [6, 6.07) is 7.82. The van der Waals surface area contributed by atoms with Crippen molar-refractivity contribution in [2.45, 2.75) is 39.2 Å². The monoisotopic (exact) mass is 361 g/mol. The van der Waals surface area contributed by atoms with E-state index in [-0.39, 0.29) is 5.91 Å². The summed E-state index contributed by atoms with van der Waals surface area (Å²) in [6.07, 6.45) is 6.79. The summed E-state index contributed by atoms with van der Waals surface area (Å²) < 4.78 is 5.10. The number of methoxy groups -OCH3 is 1. The molecule has 6 heteroatoms. The summed E-state index contributed by atoms with van der Waals surface area (Å²) >= 11 is 5.28. The maximum atomic E-state index is 11.9. The number of rotatable bonds is 4. The van der Waals surface area contributed by atoms with Crippen LogP contribution >= 0.6 is 12.2 Å². The van der Waals surface area contributed by atoms with Crippen LogP contribution in [0.15, 0.2) is 30.3 Å². The van der Waals surface area contributed by atoms with Gasteiger partial charge in [-0.3, -0.25) is 15.6 Å². The van der Waals surface area contributed by atoms with Crippen LogP contribution in [0.4, 0.5) is 0 Å². The van der Waals surface area contributed by atoms with Gasteiger partial charge in [0.2, 0.25) is 0 Å². The van der Waals surface area contributed by atoms with E-state index in [1.807, 2.05) is 24.3 Å². The quantitative estimate of drug-likeness (QED) is 0.437. The second-order valence-electron chi connectivity index (χ2n) is 6.57. The molecule has 3 N–H and O–H groups in total. The molecule has 1 aromatic rings. The Bertz CT molecular complexity index is 616. The highest BCUT2D eigenvalue weighted by atomic mass is 32.1. The average molecular weight is 362 g/mol. The van der Waals surface area contributed by atoms with Crippen LogP contribution in [-0.4, -0.2) is 24.2 Å². The number of hydrazine groups is 1. The molecule has 2 rings (SSSR count). The summed E-state index contributed by atoms with van der Waals surface area (Å²) in [6.45, 7) is 4.53. The van der Waals surface area contributed by atoms with Crippen LogP contribution in [0.5, 0.6) is 5.75 Å². The van der Waals surface area contributed by atoms with E-state index in [0.29, 0.717) is 23.0 Å². The van der Waals surface area contributed by atoms with E-state index in [1.165, 1.54) is 18.9 Å². The van der Waals surface area contributed by atoms with Gasteiger partial charge in [-0.2, -0.15) is 0 Å². The lowest BCUT2D eigenvalue weighted by atomic mass is 9.78. The van der Waals surface area contributed by atoms with E-state index in [1.54, 1.807) is 13.2 Å². The Morgan fingerprint density at radius 3 is 2.60 bits per heavy atom. The summed E-state index contributed by atoms with van der Waals surface area (Å²) in [7, 11) is 1.62. The van der Waals surface area contributed by atoms with Gasteiger partial charge in [0.25, 0.3) is 5.91 Å². The van der Waals surface area contributed by atoms with E-state index in [4.69, 9.17) is 17.0 Å². The molecule has 1 aromatic carbocycles. The highest BCUT2D eigenvalue weighted by Gasteiger charge is 2.27. The molecule has 0 heterocycles. The number of ether oxygens (including phenoxy) is 1. The molecule has 0 aliphatic heterocycles. The van der Waals surface area contributed by atoms with Crippen molar-refractivity contribution in [1.29, 1.82) is 0 Å². The van der Waals surface area contributed by atoms with Crippen molar-refractivity contribution >= 4 is 29.3 Å². The molecule has 0 radical (unpaired) electrons. The molecule has 0 saturated heterocycles. The van der Waals surface area contributed by atoms with E-state index in [0.717, 1.165) is 17.7 Å². The van der Waals surface area contributed by atoms with Crippen molar-refractivity contribution in [3.63, 3.8) is 0 Å². The third-order valence-corrected chi connectivity index (χ3v) is 5.09. The molecule has 3 atom stereocenters. The van der Waals surface area contributed by atoms with Crippen molar-refractivity contribution in [1.82, 2.24) is 16.2 Å². The van der Waals surface area contributed by atoms with Crippen LogP contribution in [0, 0.1) is 11.8 Å². The zero-order valence-corrected chi connectivity index (χ0v) is 15.9. The number of carbonyl (C=O) groups excluding carboxylic acids is 1. The minimum absolute atomic E-state index is 0.259. The smallest absolute Gasteiger partial charge is 0.262 e. The van der Waals surface area contributed by atoms with Crippen molar-refractivity contribution < 1.29 is 9.53 Å². The number of carbonyl (C=O) groups is 1. The molecule has 5 nitrogen and oxygen atoms in total. The highest BCUT2D eigenvalue weighted by molar-refractivity contribution is 7.80. The van der Waals surface area contributed by atoms with Gasteiger partial charge in [0.1, 0.15) is 5.75 Å². The van der Waals surface area contributed by atoms with E-state index in [9.17, 15) is 4.79 Å². The van der Waals surface area contributed by atoms with E-state index in [2.05, 4.69) is 30.0 Å². The first-order valence-corrected chi connectivity index (χ1v) is 9.09. The predicted molar refractivity (Wildman–Crippen MR) is 105 cm³/mol. The Hall–Kier alpha value is -2.08. The fraction of sp³-hybridized carbons (Fsp3) is 0.474. The molecule has 136 valence electrons. The Labute approximate surface area is 155 Å². The third kappa shape index (κ3) is 6.05. The maximum Gasteiger partial charge on any atom is 0.262 e. The first-order chi connectivity index (χ1) is 12.0. The minimum atomic E-state index is -0.259. The van der Waals surface area contributed by atoms with Crippen molar-refractivity contribution in [3.05, 3.63) is 35.9 Å². The molecule has 1 aliphatic carbocycles. The van der Waals surface area contributed by atoms with Gasteiger partial charge in [-0.15, -0.1) is 0 Å². The fourth-order valence-electron chi connectivity index (χ4n) is 3.04. The Morgan fingerprint density at radius 2 is 1.92 bits per heavy atom. The van der Waals surface area contributed by atoms with Crippen LogP contribution in [0.2, 0.25) is 0 Å². The lowest BCUT2D eigenvalue weighted by molar-refractivity contribution is -0.116. The molecule has 1 fully saturated rings.